The van der Waals surface area contributed by atoms with E-state index < -0.39 is 6.10 Å². The topological polar surface area (TPSA) is 50.4 Å². The van der Waals surface area contributed by atoms with E-state index in [1.165, 1.54) is 0 Å². The summed E-state index contributed by atoms with van der Waals surface area (Å²) in [4.78, 5) is 12.7. The molecule has 1 N–H and O–H groups in total. The van der Waals surface area contributed by atoms with Crippen molar-refractivity contribution in [1.29, 1.82) is 0 Å². The van der Waals surface area contributed by atoms with E-state index in [0.717, 1.165) is 10.6 Å². The summed E-state index contributed by atoms with van der Waals surface area (Å²) < 4.78 is 5.62. The standard InChI is InChI=1S/C12H10O3S/c13-7-4-9(14)8-6-11(15-10(8)5-7)12-2-1-3-16-12/h1-3,6-7,13H,4-5H2. The molecule has 4 heteroatoms. The molecule has 0 aromatic carbocycles. The average Bonchev–Trinajstić information content (AvgIpc) is 2.82. The third-order valence-corrected chi connectivity index (χ3v) is 3.60. The Morgan fingerprint density at radius 2 is 2.31 bits per heavy atom. The number of carbonyl (C=O) groups excluding carboxylic acids is 1. The summed E-state index contributed by atoms with van der Waals surface area (Å²) in [5.74, 6) is 1.31. The second-order valence-corrected chi connectivity index (χ2v) is 4.86. The van der Waals surface area contributed by atoms with Crippen molar-refractivity contribution in [2.75, 3.05) is 0 Å². The van der Waals surface area contributed by atoms with E-state index in [2.05, 4.69) is 0 Å². The Kier molecular flexibility index (Phi) is 2.19. The number of ketones is 1. The number of thiophene rings is 1. The zero-order valence-corrected chi connectivity index (χ0v) is 9.29. The number of fused-ring (bicyclic) bond motifs is 1. The van der Waals surface area contributed by atoms with Crippen molar-refractivity contribution >= 4 is 17.1 Å². The maximum Gasteiger partial charge on any atom is 0.169 e. The Morgan fingerprint density at radius 3 is 3.06 bits per heavy atom. The molecule has 1 aliphatic carbocycles. The Balaban J connectivity index is 2.07. The molecule has 82 valence electrons. The fourth-order valence-electron chi connectivity index (χ4n) is 1.97. The Bertz CT molecular complexity index is 524. The van der Waals surface area contributed by atoms with Crippen LogP contribution in [0.1, 0.15) is 22.5 Å². The first kappa shape index (κ1) is 9.81. The van der Waals surface area contributed by atoms with Gasteiger partial charge >= 0.3 is 0 Å². The van der Waals surface area contributed by atoms with E-state index in [0.29, 0.717) is 17.7 Å². The minimum absolute atomic E-state index is 0.0275. The number of carbonyl (C=O) groups is 1. The summed E-state index contributed by atoms with van der Waals surface area (Å²) in [7, 11) is 0. The SMILES string of the molecule is O=C1CC(O)Cc2oc(-c3cccs3)cc21. The number of furan rings is 1. The summed E-state index contributed by atoms with van der Waals surface area (Å²) in [5, 5.41) is 11.5. The lowest BCUT2D eigenvalue weighted by Crippen LogP contribution is -2.22. The second-order valence-electron chi connectivity index (χ2n) is 3.91. The van der Waals surface area contributed by atoms with Crippen LogP contribution in [0.4, 0.5) is 0 Å². The zero-order chi connectivity index (χ0) is 11.1. The van der Waals surface area contributed by atoms with Crippen LogP contribution in [0.5, 0.6) is 0 Å². The van der Waals surface area contributed by atoms with Crippen molar-refractivity contribution in [3.8, 4) is 10.6 Å². The van der Waals surface area contributed by atoms with Gasteiger partial charge in [-0.25, -0.2) is 0 Å². The highest BCUT2D eigenvalue weighted by Crippen LogP contribution is 2.32. The van der Waals surface area contributed by atoms with Crippen LogP contribution in [0.3, 0.4) is 0 Å². The molecule has 0 fully saturated rings. The van der Waals surface area contributed by atoms with Gasteiger partial charge in [-0.05, 0) is 17.5 Å². The van der Waals surface area contributed by atoms with Gasteiger partial charge in [0.05, 0.1) is 16.5 Å². The van der Waals surface area contributed by atoms with E-state index in [1.807, 2.05) is 17.5 Å². The predicted molar refractivity (Wildman–Crippen MR) is 60.7 cm³/mol. The summed E-state index contributed by atoms with van der Waals surface area (Å²) >= 11 is 1.57. The van der Waals surface area contributed by atoms with Gasteiger partial charge in [0.1, 0.15) is 11.5 Å². The molecule has 0 spiro atoms. The molecule has 0 radical (unpaired) electrons. The van der Waals surface area contributed by atoms with E-state index in [1.54, 1.807) is 17.4 Å². The normalized spacial score (nSPS) is 19.8. The van der Waals surface area contributed by atoms with Crippen LogP contribution in [0.25, 0.3) is 10.6 Å². The van der Waals surface area contributed by atoms with Crippen LogP contribution in [-0.2, 0) is 6.42 Å². The van der Waals surface area contributed by atoms with Crippen molar-refractivity contribution in [2.45, 2.75) is 18.9 Å². The molecule has 3 rings (SSSR count). The molecule has 3 nitrogen and oxygen atoms in total. The zero-order valence-electron chi connectivity index (χ0n) is 8.47. The van der Waals surface area contributed by atoms with Gasteiger partial charge in [0, 0.05) is 12.8 Å². The minimum atomic E-state index is -0.595. The molecule has 1 aliphatic rings. The number of aliphatic hydroxyl groups excluding tert-OH is 1. The summed E-state index contributed by atoms with van der Waals surface area (Å²) in [6.07, 6.45) is 0.0467. The van der Waals surface area contributed by atoms with Crippen molar-refractivity contribution in [3.63, 3.8) is 0 Å². The molecule has 2 aromatic heterocycles. The van der Waals surface area contributed by atoms with Crippen LogP contribution < -0.4 is 0 Å². The van der Waals surface area contributed by atoms with Crippen LogP contribution in [0.2, 0.25) is 0 Å². The lowest BCUT2D eigenvalue weighted by molar-refractivity contribution is 0.0839. The average molecular weight is 234 g/mol. The lowest BCUT2D eigenvalue weighted by atomic mass is 9.95. The van der Waals surface area contributed by atoms with Crippen molar-refractivity contribution < 1.29 is 14.3 Å². The number of Topliss-reactive ketones (excluding diaryl/α,β-unsaturated/α-hetero) is 1. The van der Waals surface area contributed by atoms with Gasteiger partial charge < -0.3 is 9.52 Å². The lowest BCUT2D eigenvalue weighted by Gasteiger charge is -2.13. The van der Waals surface area contributed by atoms with Crippen LogP contribution in [0, 0.1) is 0 Å². The van der Waals surface area contributed by atoms with E-state index in [4.69, 9.17) is 4.42 Å². The molecule has 0 saturated heterocycles. The minimum Gasteiger partial charge on any atom is -0.459 e. The number of aliphatic hydroxyl groups is 1. The molecule has 0 amide bonds. The van der Waals surface area contributed by atoms with Gasteiger partial charge in [-0.3, -0.25) is 4.79 Å². The first-order valence-electron chi connectivity index (χ1n) is 5.12. The molecule has 0 bridgehead atoms. The molecule has 16 heavy (non-hydrogen) atoms. The Morgan fingerprint density at radius 1 is 1.44 bits per heavy atom. The molecule has 1 unspecified atom stereocenters. The van der Waals surface area contributed by atoms with Crippen molar-refractivity contribution in [3.05, 3.63) is 34.9 Å². The Labute approximate surface area is 96.3 Å². The first-order chi connectivity index (χ1) is 7.74. The maximum absolute atomic E-state index is 11.7. The quantitative estimate of drug-likeness (QED) is 0.824. The number of hydrogen-bond donors (Lipinski definition) is 1. The highest BCUT2D eigenvalue weighted by molar-refractivity contribution is 7.13. The monoisotopic (exact) mass is 234 g/mol. The second kappa shape index (κ2) is 3.57. The smallest absolute Gasteiger partial charge is 0.169 e. The summed E-state index contributed by atoms with van der Waals surface area (Å²) in [5.41, 5.74) is 0.633. The fraction of sp³-hybridized carbons (Fsp3) is 0.250. The largest absolute Gasteiger partial charge is 0.459 e. The van der Waals surface area contributed by atoms with Gasteiger partial charge in [-0.2, -0.15) is 0 Å². The predicted octanol–water partition coefficient (Wildman–Crippen LogP) is 2.50. The van der Waals surface area contributed by atoms with Crippen molar-refractivity contribution in [1.82, 2.24) is 0 Å². The van der Waals surface area contributed by atoms with Gasteiger partial charge in [0.2, 0.25) is 0 Å². The molecule has 2 aromatic rings. The molecular formula is C12H10O3S. The number of rotatable bonds is 1. The van der Waals surface area contributed by atoms with Crippen LogP contribution in [-0.4, -0.2) is 17.0 Å². The van der Waals surface area contributed by atoms with E-state index >= 15 is 0 Å². The van der Waals surface area contributed by atoms with Gasteiger partial charge in [0.25, 0.3) is 0 Å². The highest BCUT2D eigenvalue weighted by atomic mass is 32.1. The van der Waals surface area contributed by atoms with Gasteiger partial charge in [-0.1, -0.05) is 6.07 Å². The third-order valence-electron chi connectivity index (χ3n) is 2.72. The van der Waals surface area contributed by atoms with E-state index in [9.17, 15) is 9.90 Å². The molecule has 2 heterocycles. The third kappa shape index (κ3) is 1.50. The first-order valence-corrected chi connectivity index (χ1v) is 6.00. The van der Waals surface area contributed by atoms with Gasteiger partial charge in [0.15, 0.2) is 5.78 Å². The molecule has 0 saturated carbocycles. The fourth-order valence-corrected chi connectivity index (χ4v) is 2.64. The Hall–Kier alpha value is -1.39. The summed E-state index contributed by atoms with van der Waals surface area (Å²) in [6, 6.07) is 5.68. The maximum atomic E-state index is 11.7. The molecular weight excluding hydrogens is 224 g/mol. The summed E-state index contributed by atoms with van der Waals surface area (Å²) in [6.45, 7) is 0. The van der Waals surface area contributed by atoms with Gasteiger partial charge in [-0.15, -0.1) is 11.3 Å². The molecule has 1 atom stereocenters. The highest BCUT2D eigenvalue weighted by Gasteiger charge is 2.27. The van der Waals surface area contributed by atoms with Crippen LogP contribution >= 0.6 is 11.3 Å². The number of hydrogen-bond acceptors (Lipinski definition) is 4. The van der Waals surface area contributed by atoms with Crippen LogP contribution in [0.15, 0.2) is 28.0 Å². The van der Waals surface area contributed by atoms with Crippen molar-refractivity contribution in [2.24, 2.45) is 0 Å². The van der Waals surface area contributed by atoms with E-state index in [-0.39, 0.29) is 12.2 Å². The molecule has 0 aliphatic heterocycles.